The number of hydrogen-bond acceptors (Lipinski definition) is 2. The monoisotopic (exact) mass is 415 g/mol. The van der Waals surface area contributed by atoms with E-state index >= 15 is 0 Å². The van der Waals surface area contributed by atoms with E-state index in [1.165, 1.54) is 12.1 Å². The quantitative estimate of drug-likeness (QED) is 0.705. The van der Waals surface area contributed by atoms with Gasteiger partial charge in [0.05, 0.1) is 4.47 Å². The molecule has 0 aromatic heterocycles. The van der Waals surface area contributed by atoms with Crippen LogP contribution in [0.25, 0.3) is 0 Å². The van der Waals surface area contributed by atoms with E-state index in [1.54, 1.807) is 6.07 Å². The van der Waals surface area contributed by atoms with Crippen molar-refractivity contribution in [3.63, 3.8) is 0 Å². The van der Waals surface area contributed by atoms with Gasteiger partial charge in [0, 0.05) is 16.6 Å². The summed E-state index contributed by atoms with van der Waals surface area (Å²) in [5.41, 5.74) is 7.03. The fourth-order valence-electron chi connectivity index (χ4n) is 1.89. The van der Waals surface area contributed by atoms with E-state index in [0.717, 1.165) is 16.5 Å². The van der Waals surface area contributed by atoms with Gasteiger partial charge in [0.1, 0.15) is 17.3 Å². The van der Waals surface area contributed by atoms with Crippen LogP contribution >= 0.6 is 31.9 Å². The Balaban J connectivity index is 2.33. The average molecular weight is 417 g/mol. The second-order valence-electron chi connectivity index (χ2n) is 4.80. The van der Waals surface area contributed by atoms with Crippen LogP contribution in [0, 0.1) is 5.82 Å². The second-order valence-corrected chi connectivity index (χ2v) is 6.57. The number of halogens is 3. The summed E-state index contributed by atoms with van der Waals surface area (Å²) in [4.78, 5) is 0. The van der Waals surface area contributed by atoms with Crippen LogP contribution in [0.15, 0.2) is 45.3 Å². The predicted molar refractivity (Wildman–Crippen MR) is 90.3 cm³/mol. The van der Waals surface area contributed by atoms with Gasteiger partial charge in [-0.1, -0.05) is 28.9 Å². The third-order valence-electron chi connectivity index (χ3n) is 3.15. The summed E-state index contributed by atoms with van der Waals surface area (Å²) in [6, 6.07) is 10.2. The molecule has 21 heavy (non-hydrogen) atoms. The van der Waals surface area contributed by atoms with Gasteiger partial charge < -0.3 is 10.5 Å². The summed E-state index contributed by atoms with van der Waals surface area (Å²) in [6.07, 6.45) is 1.60. The first-order valence-electron chi connectivity index (χ1n) is 6.66. The van der Waals surface area contributed by atoms with E-state index in [2.05, 4.69) is 31.9 Å². The van der Waals surface area contributed by atoms with Crippen LogP contribution in [0.5, 0.6) is 11.5 Å². The lowest BCUT2D eigenvalue weighted by molar-refractivity contribution is 0.463. The highest BCUT2D eigenvalue weighted by molar-refractivity contribution is 9.10. The molecule has 2 rings (SSSR count). The van der Waals surface area contributed by atoms with Crippen molar-refractivity contribution in [1.29, 1.82) is 0 Å². The van der Waals surface area contributed by atoms with Gasteiger partial charge in [-0.3, -0.25) is 0 Å². The molecular formula is C16H16Br2FNO. The summed E-state index contributed by atoms with van der Waals surface area (Å²) in [5, 5.41) is 0. The number of rotatable bonds is 5. The molecular weight excluding hydrogens is 401 g/mol. The fraction of sp³-hybridized carbons (Fsp3) is 0.250. The molecule has 0 saturated carbocycles. The molecule has 0 aliphatic carbocycles. The fourth-order valence-corrected chi connectivity index (χ4v) is 2.56. The van der Waals surface area contributed by atoms with Crippen LogP contribution in [-0.2, 0) is 6.42 Å². The standard InChI is InChI=1S/C16H16Br2FNO/c1-2-13(20)7-10-3-4-11(17)8-15(10)21-16-9-12(19)5-6-14(16)18/h3-6,8-9,13H,2,7,20H2,1H3. The van der Waals surface area contributed by atoms with Crippen molar-refractivity contribution >= 4 is 31.9 Å². The molecule has 0 spiro atoms. The summed E-state index contributed by atoms with van der Waals surface area (Å²) < 4.78 is 20.8. The van der Waals surface area contributed by atoms with Gasteiger partial charge in [-0.15, -0.1) is 0 Å². The van der Waals surface area contributed by atoms with E-state index < -0.39 is 0 Å². The maximum absolute atomic E-state index is 13.4. The molecule has 2 aromatic rings. The number of benzene rings is 2. The largest absolute Gasteiger partial charge is 0.456 e. The molecule has 5 heteroatoms. The van der Waals surface area contributed by atoms with Gasteiger partial charge in [0.15, 0.2) is 0 Å². The Morgan fingerprint density at radius 2 is 1.90 bits per heavy atom. The lowest BCUT2D eigenvalue weighted by Crippen LogP contribution is -2.21. The lowest BCUT2D eigenvalue weighted by Gasteiger charge is -2.15. The maximum Gasteiger partial charge on any atom is 0.144 e. The summed E-state index contributed by atoms with van der Waals surface area (Å²) >= 11 is 6.80. The SMILES string of the molecule is CCC(N)Cc1ccc(Br)cc1Oc1cc(F)ccc1Br. The highest BCUT2D eigenvalue weighted by atomic mass is 79.9. The number of ether oxygens (including phenoxy) is 1. The minimum absolute atomic E-state index is 0.0736. The number of nitrogens with two attached hydrogens (primary N) is 1. The Kier molecular flexibility index (Phi) is 5.79. The van der Waals surface area contributed by atoms with Gasteiger partial charge in [-0.05, 0) is 58.6 Å². The topological polar surface area (TPSA) is 35.2 Å². The third kappa shape index (κ3) is 4.53. The zero-order chi connectivity index (χ0) is 15.4. The first kappa shape index (κ1) is 16.5. The molecule has 0 bridgehead atoms. The molecule has 2 aromatic carbocycles. The molecule has 112 valence electrons. The highest BCUT2D eigenvalue weighted by Crippen LogP contribution is 2.34. The zero-order valence-electron chi connectivity index (χ0n) is 11.6. The van der Waals surface area contributed by atoms with Crippen molar-refractivity contribution in [1.82, 2.24) is 0 Å². The number of hydrogen-bond donors (Lipinski definition) is 1. The van der Waals surface area contributed by atoms with E-state index in [0.29, 0.717) is 22.4 Å². The van der Waals surface area contributed by atoms with Crippen molar-refractivity contribution < 1.29 is 9.13 Å². The van der Waals surface area contributed by atoms with Gasteiger partial charge >= 0.3 is 0 Å². The normalized spacial score (nSPS) is 12.2. The van der Waals surface area contributed by atoms with Crippen LogP contribution in [-0.4, -0.2) is 6.04 Å². The Bertz CT molecular complexity index is 634. The van der Waals surface area contributed by atoms with E-state index in [-0.39, 0.29) is 11.9 Å². The molecule has 2 nitrogen and oxygen atoms in total. The Hall–Kier alpha value is -0.910. The highest BCUT2D eigenvalue weighted by Gasteiger charge is 2.12. The molecule has 1 unspecified atom stereocenters. The molecule has 0 aliphatic rings. The predicted octanol–water partition coefficient (Wildman–Crippen LogP) is 5.42. The molecule has 0 aliphatic heterocycles. The van der Waals surface area contributed by atoms with E-state index in [9.17, 15) is 4.39 Å². The molecule has 0 heterocycles. The first-order valence-corrected chi connectivity index (χ1v) is 8.25. The Morgan fingerprint density at radius 1 is 1.14 bits per heavy atom. The van der Waals surface area contributed by atoms with E-state index in [1.807, 2.05) is 25.1 Å². The Morgan fingerprint density at radius 3 is 2.62 bits per heavy atom. The van der Waals surface area contributed by atoms with Gasteiger partial charge in [0.25, 0.3) is 0 Å². The van der Waals surface area contributed by atoms with Crippen molar-refractivity contribution in [2.24, 2.45) is 5.73 Å². The minimum Gasteiger partial charge on any atom is -0.456 e. The summed E-state index contributed by atoms with van der Waals surface area (Å²) in [5.74, 6) is 0.786. The molecule has 1 atom stereocenters. The van der Waals surface area contributed by atoms with Gasteiger partial charge in [-0.25, -0.2) is 4.39 Å². The van der Waals surface area contributed by atoms with Crippen LogP contribution in [0.2, 0.25) is 0 Å². The van der Waals surface area contributed by atoms with Gasteiger partial charge in [0.2, 0.25) is 0 Å². The zero-order valence-corrected chi connectivity index (χ0v) is 14.7. The van der Waals surface area contributed by atoms with Crippen LogP contribution in [0.3, 0.4) is 0 Å². The van der Waals surface area contributed by atoms with Crippen molar-refractivity contribution in [3.05, 3.63) is 56.7 Å². The minimum atomic E-state index is -0.338. The van der Waals surface area contributed by atoms with Crippen LogP contribution in [0.1, 0.15) is 18.9 Å². The molecule has 2 N–H and O–H groups in total. The molecule has 0 radical (unpaired) electrons. The first-order chi connectivity index (χ1) is 9.99. The van der Waals surface area contributed by atoms with Crippen LogP contribution in [0.4, 0.5) is 4.39 Å². The average Bonchev–Trinajstić information content (AvgIpc) is 2.45. The smallest absolute Gasteiger partial charge is 0.144 e. The molecule has 0 amide bonds. The van der Waals surface area contributed by atoms with E-state index in [4.69, 9.17) is 10.5 Å². The maximum atomic E-state index is 13.4. The van der Waals surface area contributed by atoms with Crippen molar-refractivity contribution in [3.8, 4) is 11.5 Å². The third-order valence-corrected chi connectivity index (χ3v) is 4.30. The second kappa shape index (κ2) is 7.38. The summed E-state index contributed by atoms with van der Waals surface area (Å²) in [7, 11) is 0. The molecule has 0 fully saturated rings. The summed E-state index contributed by atoms with van der Waals surface area (Å²) in [6.45, 7) is 2.05. The van der Waals surface area contributed by atoms with Gasteiger partial charge in [-0.2, -0.15) is 0 Å². The van der Waals surface area contributed by atoms with Crippen molar-refractivity contribution in [2.45, 2.75) is 25.8 Å². The van der Waals surface area contributed by atoms with Crippen LogP contribution < -0.4 is 10.5 Å². The molecule has 0 saturated heterocycles. The lowest BCUT2D eigenvalue weighted by atomic mass is 10.0. The Labute approximate surface area is 140 Å². The van der Waals surface area contributed by atoms with Crippen molar-refractivity contribution in [2.75, 3.05) is 0 Å².